The molecule has 0 radical (unpaired) electrons. The van der Waals surface area contributed by atoms with Crippen LogP contribution in [0.1, 0.15) is 16.9 Å². The first kappa shape index (κ1) is 15.6. The number of thiophene rings is 1. The molecule has 130 valence electrons. The number of carbonyl (C=O) groups is 1. The average Bonchev–Trinajstić information content (AvgIpc) is 3.32. The molecule has 3 aromatic heterocycles. The second-order valence-electron chi connectivity index (χ2n) is 6.20. The van der Waals surface area contributed by atoms with E-state index in [1.54, 1.807) is 17.4 Å². The number of carbonyl (C=O) groups excluding carboxylic acids is 1. The summed E-state index contributed by atoms with van der Waals surface area (Å²) < 4.78 is 9.74. The van der Waals surface area contributed by atoms with Crippen molar-refractivity contribution in [3.63, 3.8) is 0 Å². The Hall–Kier alpha value is -2.65. The zero-order valence-corrected chi connectivity index (χ0v) is 15.2. The van der Waals surface area contributed by atoms with E-state index in [0.29, 0.717) is 16.6 Å². The van der Waals surface area contributed by atoms with Crippen molar-refractivity contribution in [2.75, 3.05) is 5.32 Å². The number of anilines is 1. The number of nitrogens with one attached hydrogen (secondary N) is 1. The lowest BCUT2D eigenvalue weighted by molar-refractivity contribution is -0.116. The van der Waals surface area contributed by atoms with Gasteiger partial charge in [-0.2, -0.15) is 8.75 Å². The first-order chi connectivity index (χ1) is 12.7. The van der Waals surface area contributed by atoms with Gasteiger partial charge < -0.3 is 5.32 Å². The number of amides is 1. The SMILES string of the molecule is O=C(Cn1cnc2sc3c(c2c1=O)CCC3)Nc1cccc2nsnc12. The van der Waals surface area contributed by atoms with Crippen molar-refractivity contribution >= 4 is 55.9 Å². The van der Waals surface area contributed by atoms with Gasteiger partial charge in [-0.1, -0.05) is 6.07 Å². The molecule has 0 bridgehead atoms. The van der Waals surface area contributed by atoms with Crippen molar-refractivity contribution < 1.29 is 4.79 Å². The molecule has 1 aromatic carbocycles. The molecule has 1 N–H and O–H groups in total. The smallest absolute Gasteiger partial charge is 0.262 e. The summed E-state index contributed by atoms with van der Waals surface area (Å²) >= 11 is 2.69. The highest BCUT2D eigenvalue weighted by atomic mass is 32.1. The molecule has 0 aliphatic heterocycles. The molecule has 26 heavy (non-hydrogen) atoms. The number of aromatic nitrogens is 4. The molecule has 0 saturated carbocycles. The van der Waals surface area contributed by atoms with E-state index in [4.69, 9.17) is 0 Å². The lowest BCUT2D eigenvalue weighted by Gasteiger charge is -2.08. The number of benzene rings is 1. The Kier molecular flexibility index (Phi) is 3.57. The Balaban J connectivity index is 1.46. The minimum Gasteiger partial charge on any atom is -0.323 e. The number of nitrogens with zero attached hydrogens (tertiary/aromatic N) is 4. The summed E-state index contributed by atoms with van der Waals surface area (Å²) in [5.41, 5.74) is 2.97. The van der Waals surface area contributed by atoms with Gasteiger partial charge in [0.25, 0.3) is 5.56 Å². The standard InChI is InChI=1S/C17H13N5O2S2/c23-13(19-10-4-2-5-11-15(10)21-26-20-11)7-22-8-18-16-14(17(22)24)9-3-1-6-12(9)25-16/h2,4-5,8H,1,3,6-7H2,(H,19,23). The number of rotatable bonds is 3. The Morgan fingerprint density at radius 2 is 2.19 bits per heavy atom. The van der Waals surface area contributed by atoms with Crippen LogP contribution in [0.4, 0.5) is 5.69 Å². The molecule has 1 aliphatic carbocycles. The van der Waals surface area contributed by atoms with E-state index in [1.807, 2.05) is 12.1 Å². The molecule has 4 aromatic rings. The van der Waals surface area contributed by atoms with E-state index in [1.165, 1.54) is 15.8 Å². The maximum Gasteiger partial charge on any atom is 0.262 e. The molecule has 5 rings (SSSR count). The zero-order valence-electron chi connectivity index (χ0n) is 13.6. The van der Waals surface area contributed by atoms with Crippen LogP contribution in [0.25, 0.3) is 21.3 Å². The van der Waals surface area contributed by atoms with Crippen LogP contribution in [0.3, 0.4) is 0 Å². The summed E-state index contributed by atoms with van der Waals surface area (Å²) in [4.78, 5) is 31.7. The normalized spacial score (nSPS) is 13.4. The van der Waals surface area contributed by atoms with E-state index < -0.39 is 0 Å². The highest BCUT2D eigenvalue weighted by molar-refractivity contribution is 7.18. The predicted octanol–water partition coefficient (Wildman–Crippen LogP) is 2.59. The van der Waals surface area contributed by atoms with Crippen LogP contribution in [0.2, 0.25) is 0 Å². The minimum atomic E-state index is -0.291. The summed E-state index contributed by atoms with van der Waals surface area (Å²) in [5, 5.41) is 3.51. The van der Waals surface area contributed by atoms with E-state index in [2.05, 4.69) is 19.0 Å². The number of fused-ring (bicyclic) bond motifs is 4. The first-order valence-corrected chi connectivity index (χ1v) is 9.76. The molecular formula is C17H13N5O2S2. The molecule has 1 amide bonds. The number of hydrogen-bond acceptors (Lipinski definition) is 7. The van der Waals surface area contributed by atoms with Crippen LogP contribution in [0, 0.1) is 0 Å². The lowest BCUT2D eigenvalue weighted by Crippen LogP contribution is -2.28. The Bertz CT molecular complexity index is 1220. The maximum absolute atomic E-state index is 12.8. The summed E-state index contributed by atoms with van der Waals surface area (Å²) in [7, 11) is 0. The molecular weight excluding hydrogens is 370 g/mol. The number of hydrogen-bond donors (Lipinski definition) is 1. The van der Waals surface area contributed by atoms with Gasteiger partial charge in [0.15, 0.2) is 0 Å². The van der Waals surface area contributed by atoms with Crippen molar-refractivity contribution in [3.05, 3.63) is 45.3 Å². The van der Waals surface area contributed by atoms with Crippen molar-refractivity contribution in [2.45, 2.75) is 25.8 Å². The molecule has 1 aliphatic rings. The second-order valence-corrected chi connectivity index (χ2v) is 7.81. The fourth-order valence-corrected chi connectivity index (χ4v) is 5.15. The molecule has 0 unspecified atom stereocenters. The quantitative estimate of drug-likeness (QED) is 0.587. The van der Waals surface area contributed by atoms with Crippen molar-refractivity contribution in [3.8, 4) is 0 Å². The van der Waals surface area contributed by atoms with E-state index in [0.717, 1.165) is 46.9 Å². The third kappa shape index (κ3) is 2.43. The van der Waals surface area contributed by atoms with Gasteiger partial charge in [-0.3, -0.25) is 14.2 Å². The largest absolute Gasteiger partial charge is 0.323 e. The van der Waals surface area contributed by atoms with Crippen molar-refractivity contribution in [1.82, 2.24) is 18.3 Å². The maximum atomic E-state index is 12.8. The summed E-state index contributed by atoms with van der Waals surface area (Å²) in [5.74, 6) is -0.291. The van der Waals surface area contributed by atoms with Gasteiger partial charge in [0.05, 0.1) is 29.1 Å². The minimum absolute atomic E-state index is 0.0830. The molecule has 0 fully saturated rings. The fourth-order valence-electron chi connectivity index (χ4n) is 3.38. The van der Waals surface area contributed by atoms with Gasteiger partial charge in [0.1, 0.15) is 22.4 Å². The Morgan fingerprint density at radius 1 is 1.27 bits per heavy atom. The average molecular weight is 383 g/mol. The lowest BCUT2D eigenvalue weighted by atomic mass is 10.2. The predicted molar refractivity (Wildman–Crippen MR) is 102 cm³/mol. The van der Waals surface area contributed by atoms with Crippen LogP contribution >= 0.6 is 23.1 Å². The van der Waals surface area contributed by atoms with Crippen LogP contribution in [0.5, 0.6) is 0 Å². The zero-order chi connectivity index (χ0) is 17.7. The molecule has 0 saturated heterocycles. The van der Waals surface area contributed by atoms with E-state index in [-0.39, 0.29) is 18.0 Å². The van der Waals surface area contributed by atoms with Crippen LogP contribution in [0.15, 0.2) is 29.3 Å². The summed E-state index contributed by atoms with van der Waals surface area (Å²) in [6.07, 6.45) is 4.47. The first-order valence-electron chi connectivity index (χ1n) is 8.21. The number of aryl methyl sites for hydroxylation is 2. The van der Waals surface area contributed by atoms with Crippen LogP contribution in [-0.2, 0) is 24.2 Å². The van der Waals surface area contributed by atoms with Crippen molar-refractivity contribution in [1.29, 1.82) is 0 Å². The second kappa shape index (κ2) is 5.96. The highest BCUT2D eigenvalue weighted by Gasteiger charge is 2.21. The third-order valence-electron chi connectivity index (χ3n) is 4.57. The van der Waals surface area contributed by atoms with Crippen LogP contribution in [-0.4, -0.2) is 24.2 Å². The highest BCUT2D eigenvalue weighted by Crippen LogP contribution is 2.34. The monoisotopic (exact) mass is 383 g/mol. The third-order valence-corrected chi connectivity index (χ3v) is 6.31. The van der Waals surface area contributed by atoms with Gasteiger partial charge >= 0.3 is 0 Å². The van der Waals surface area contributed by atoms with Gasteiger partial charge in [0.2, 0.25) is 5.91 Å². The molecule has 3 heterocycles. The molecule has 7 nitrogen and oxygen atoms in total. The molecule has 9 heteroatoms. The summed E-state index contributed by atoms with van der Waals surface area (Å²) in [6.45, 7) is -0.0830. The Morgan fingerprint density at radius 3 is 3.12 bits per heavy atom. The molecule has 0 spiro atoms. The molecule has 0 atom stereocenters. The van der Waals surface area contributed by atoms with Gasteiger partial charge in [-0.25, -0.2) is 4.98 Å². The topological polar surface area (TPSA) is 89.8 Å². The summed E-state index contributed by atoms with van der Waals surface area (Å²) in [6, 6.07) is 5.43. The fraction of sp³-hybridized carbons (Fsp3) is 0.235. The Labute approximate surface area is 155 Å². The van der Waals surface area contributed by atoms with E-state index >= 15 is 0 Å². The van der Waals surface area contributed by atoms with Gasteiger partial charge in [0, 0.05) is 4.88 Å². The van der Waals surface area contributed by atoms with Crippen molar-refractivity contribution in [2.24, 2.45) is 0 Å². The van der Waals surface area contributed by atoms with Crippen LogP contribution < -0.4 is 10.9 Å². The van der Waals surface area contributed by atoms with Gasteiger partial charge in [-0.15, -0.1) is 11.3 Å². The van der Waals surface area contributed by atoms with Gasteiger partial charge in [-0.05, 0) is 37.0 Å². The van der Waals surface area contributed by atoms with E-state index in [9.17, 15) is 9.59 Å².